The van der Waals surface area contributed by atoms with E-state index in [1.54, 1.807) is 0 Å². The van der Waals surface area contributed by atoms with Gasteiger partial charge in [0.2, 0.25) is 0 Å². The predicted octanol–water partition coefficient (Wildman–Crippen LogP) is 17.2. The molecule has 0 aliphatic heterocycles. The molecule has 0 saturated carbocycles. The first-order valence-corrected chi connectivity index (χ1v) is 21.2. The van der Waals surface area contributed by atoms with Gasteiger partial charge in [0.25, 0.3) is 0 Å². The molecule has 0 atom stereocenters. The first kappa shape index (κ1) is 35.7. The second kappa shape index (κ2) is 14.8. The molecule has 0 amide bonds. The van der Waals surface area contributed by atoms with Crippen LogP contribution in [0.3, 0.4) is 0 Å². The van der Waals surface area contributed by atoms with Gasteiger partial charge < -0.3 is 9.32 Å². The number of anilines is 3. The summed E-state index contributed by atoms with van der Waals surface area (Å²) in [7, 11) is 0. The van der Waals surface area contributed by atoms with Gasteiger partial charge in [0.1, 0.15) is 11.2 Å². The molecule has 0 saturated heterocycles. The van der Waals surface area contributed by atoms with Gasteiger partial charge in [-0.05, 0) is 132 Å². The Labute approximate surface area is 360 Å². The smallest absolute Gasteiger partial charge is 0.136 e. The van der Waals surface area contributed by atoms with Gasteiger partial charge >= 0.3 is 0 Å². The highest BCUT2D eigenvalue weighted by atomic mass is 16.3. The average Bonchev–Trinajstić information content (AvgIpc) is 3.72. The Bertz CT molecular complexity index is 3620. The molecule has 0 spiro atoms. The molecular weight excluding hydrogens is 751 g/mol. The lowest BCUT2D eigenvalue weighted by Crippen LogP contribution is -2.12. The van der Waals surface area contributed by atoms with Crippen molar-refractivity contribution in [3.05, 3.63) is 237 Å². The minimum atomic E-state index is 0.867. The minimum Gasteiger partial charge on any atom is -0.456 e. The summed E-state index contributed by atoms with van der Waals surface area (Å²) in [5.41, 5.74) is 14.2. The number of fused-ring (bicyclic) bond motifs is 7. The highest BCUT2D eigenvalue weighted by Crippen LogP contribution is 2.49. The van der Waals surface area contributed by atoms with E-state index in [0.717, 1.165) is 55.7 Å². The molecule has 290 valence electrons. The lowest BCUT2D eigenvalue weighted by molar-refractivity contribution is 0.669. The summed E-state index contributed by atoms with van der Waals surface area (Å²) in [6, 6.07) is 85.6. The molecule has 1 aromatic heterocycles. The fraction of sp³-hybridized carbons (Fsp3) is 0. The third-order valence-corrected chi connectivity index (χ3v) is 12.4. The first-order chi connectivity index (χ1) is 30.7. The van der Waals surface area contributed by atoms with Crippen molar-refractivity contribution >= 4 is 71.3 Å². The van der Waals surface area contributed by atoms with Crippen LogP contribution >= 0.6 is 0 Å². The van der Waals surface area contributed by atoms with E-state index in [4.69, 9.17) is 4.42 Å². The summed E-state index contributed by atoms with van der Waals surface area (Å²) in [5.74, 6) is 0. The van der Waals surface area contributed by atoms with Crippen LogP contribution in [0, 0.1) is 0 Å². The molecule has 1 heterocycles. The normalized spacial score (nSPS) is 11.5. The van der Waals surface area contributed by atoms with Crippen molar-refractivity contribution in [1.82, 2.24) is 0 Å². The fourth-order valence-corrected chi connectivity index (χ4v) is 9.45. The van der Waals surface area contributed by atoms with Crippen LogP contribution in [0.1, 0.15) is 0 Å². The van der Waals surface area contributed by atoms with Crippen molar-refractivity contribution in [2.45, 2.75) is 0 Å². The van der Waals surface area contributed by atoms with Crippen molar-refractivity contribution in [2.24, 2.45) is 0 Å². The Morgan fingerprint density at radius 2 is 0.839 bits per heavy atom. The molecule has 0 N–H and O–H groups in total. The van der Waals surface area contributed by atoms with Crippen molar-refractivity contribution in [2.75, 3.05) is 4.90 Å². The van der Waals surface area contributed by atoms with Gasteiger partial charge in [-0.1, -0.05) is 176 Å². The SMILES string of the molecule is c1ccc(-c2ccc(N(c3ccc(-c4ccc5ccccc5c4)cc3)c3cccc(-c4cc5ccccc5c5ccccc45)c3-c3ccc4c(c3)oc3ccccc34)cc2)cc1. The second-order valence-electron chi connectivity index (χ2n) is 16.1. The van der Waals surface area contributed by atoms with Crippen molar-refractivity contribution in [3.8, 4) is 44.5 Å². The Kier molecular flexibility index (Phi) is 8.53. The largest absolute Gasteiger partial charge is 0.456 e. The molecule has 0 unspecified atom stereocenters. The molecule has 0 aliphatic rings. The van der Waals surface area contributed by atoms with Crippen LogP contribution in [0.15, 0.2) is 241 Å². The number of hydrogen-bond donors (Lipinski definition) is 0. The fourth-order valence-electron chi connectivity index (χ4n) is 9.45. The Balaban J connectivity index is 1.11. The van der Waals surface area contributed by atoms with E-state index < -0.39 is 0 Å². The Morgan fingerprint density at radius 3 is 1.61 bits per heavy atom. The van der Waals surface area contributed by atoms with Gasteiger partial charge in [-0.15, -0.1) is 0 Å². The van der Waals surface area contributed by atoms with Gasteiger partial charge in [0.15, 0.2) is 0 Å². The number of para-hydroxylation sites is 1. The standard InChI is InChI=1S/C60H39NO/c1-2-13-40(14-3-1)42-27-32-48(33-28-42)61(49-34-29-43(30-35-49)45-26-25-41-15-4-5-16-44(41)37-45)57-23-12-22-55(56-38-46-17-6-7-18-50(46)51-19-8-9-20-52(51)56)60(57)47-31-36-54-53-21-10-11-24-58(53)62-59(54)39-47/h1-39H. The maximum Gasteiger partial charge on any atom is 0.136 e. The molecule has 2 nitrogen and oxygen atoms in total. The van der Waals surface area contributed by atoms with E-state index in [1.807, 2.05) is 6.07 Å². The van der Waals surface area contributed by atoms with E-state index in [9.17, 15) is 0 Å². The van der Waals surface area contributed by atoms with E-state index in [1.165, 1.54) is 60.1 Å². The summed E-state index contributed by atoms with van der Waals surface area (Å²) in [6.07, 6.45) is 0. The summed E-state index contributed by atoms with van der Waals surface area (Å²) < 4.78 is 6.58. The molecule has 12 aromatic rings. The van der Waals surface area contributed by atoms with Crippen molar-refractivity contribution in [1.29, 1.82) is 0 Å². The lowest BCUT2D eigenvalue weighted by Gasteiger charge is -2.30. The minimum absolute atomic E-state index is 0.867. The van der Waals surface area contributed by atoms with E-state index in [2.05, 4.69) is 235 Å². The van der Waals surface area contributed by atoms with Crippen LogP contribution in [0.2, 0.25) is 0 Å². The monoisotopic (exact) mass is 789 g/mol. The van der Waals surface area contributed by atoms with Crippen LogP contribution in [-0.4, -0.2) is 0 Å². The van der Waals surface area contributed by atoms with E-state index in [0.29, 0.717) is 0 Å². The van der Waals surface area contributed by atoms with Gasteiger partial charge in [-0.25, -0.2) is 0 Å². The molecule has 0 bridgehead atoms. The van der Waals surface area contributed by atoms with Gasteiger partial charge in [0.05, 0.1) is 5.69 Å². The maximum atomic E-state index is 6.58. The third-order valence-electron chi connectivity index (χ3n) is 12.4. The topological polar surface area (TPSA) is 16.4 Å². The zero-order valence-corrected chi connectivity index (χ0v) is 33.9. The van der Waals surface area contributed by atoms with Crippen molar-refractivity contribution in [3.63, 3.8) is 0 Å². The first-order valence-electron chi connectivity index (χ1n) is 21.2. The van der Waals surface area contributed by atoms with Crippen molar-refractivity contribution < 1.29 is 4.42 Å². The summed E-state index contributed by atoms with van der Waals surface area (Å²) in [5, 5.41) is 9.62. The Morgan fingerprint density at radius 1 is 0.274 bits per heavy atom. The van der Waals surface area contributed by atoms with Gasteiger partial charge in [-0.2, -0.15) is 0 Å². The average molecular weight is 790 g/mol. The highest BCUT2D eigenvalue weighted by molar-refractivity contribution is 6.16. The quantitative estimate of drug-likeness (QED) is 0.150. The van der Waals surface area contributed by atoms with Gasteiger partial charge in [-0.3, -0.25) is 0 Å². The number of benzene rings is 11. The summed E-state index contributed by atoms with van der Waals surface area (Å²) in [4.78, 5) is 2.42. The van der Waals surface area contributed by atoms with Crippen LogP contribution < -0.4 is 4.90 Å². The molecular formula is C60H39NO. The van der Waals surface area contributed by atoms with E-state index in [-0.39, 0.29) is 0 Å². The number of hydrogen-bond acceptors (Lipinski definition) is 2. The van der Waals surface area contributed by atoms with Crippen LogP contribution in [0.4, 0.5) is 17.1 Å². The van der Waals surface area contributed by atoms with Crippen LogP contribution in [0.25, 0.3) is 98.8 Å². The van der Waals surface area contributed by atoms with Crippen LogP contribution in [0.5, 0.6) is 0 Å². The van der Waals surface area contributed by atoms with E-state index >= 15 is 0 Å². The molecule has 0 aliphatic carbocycles. The molecule has 0 fully saturated rings. The summed E-state index contributed by atoms with van der Waals surface area (Å²) in [6.45, 7) is 0. The zero-order valence-electron chi connectivity index (χ0n) is 33.9. The lowest BCUT2D eigenvalue weighted by atomic mass is 9.87. The zero-order chi connectivity index (χ0) is 41.0. The summed E-state index contributed by atoms with van der Waals surface area (Å²) >= 11 is 0. The number of nitrogens with zero attached hydrogens (tertiary/aromatic N) is 1. The maximum absolute atomic E-state index is 6.58. The Hall–Kier alpha value is -8.20. The molecule has 0 radical (unpaired) electrons. The second-order valence-corrected chi connectivity index (χ2v) is 16.1. The number of furan rings is 1. The van der Waals surface area contributed by atoms with Crippen LogP contribution in [-0.2, 0) is 0 Å². The van der Waals surface area contributed by atoms with Gasteiger partial charge in [0, 0.05) is 27.7 Å². The highest BCUT2D eigenvalue weighted by Gasteiger charge is 2.23. The third kappa shape index (κ3) is 6.12. The molecule has 12 rings (SSSR count). The number of rotatable bonds is 7. The predicted molar refractivity (Wildman–Crippen MR) is 263 cm³/mol. The molecule has 11 aromatic carbocycles. The molecule has 2 heteroatoms. The molecule has 62 heavy (non-hydrogen) atoms.